The molecule has 0 atom stereocenters. The highest BCUT2D eigenvalue weighted by molar-refractivity contribution is 6.39. The Balaban J connectivity index is 1.25. The predicted molar refractivity (Wildman–Crippen MR) is 169 cm³/mol. The molecule has 0 unspecified atom stereocenters. The van der Waals surface area contributed by atoms with E-state index in [0.29, 0.717) is 76.0 Å². The number of carboxylic acid groups (broad SMARTS) is 1. The third kappa shape index (κ3) is 5.66. The Labute approximate surface area is 265 Å². The lowest BCUT2D eigenvalue weighted by Crippen LogP contribution is -2.49. The van der Waals surface area contributed by atoms with E-state index in [1.54, 1.807) is 13.2 Å². The number of nitrogens with zero attached hydrogens (tertiary/aromatic N) is 5. The quantitative estimate of drug-likeness (QED) is 0.271. The summed E-state index contributed by atoms with van der Waals surface area (Å²) in [5, 5.41) is 12.9. The normalized spacial score (nSPS) is 15.5. The second-order valence-corrected chi connectivity index (χ2v) is 12.0. The van der Waals surface area contributed by atoms with E-state index in [4.69, 9.17) is 38.0 Å². The Morgan fingerprint density at radius 3 is 2.43 bits per heavy atom. The minimum atomic E-state index is -0.774. The first-order valence-corrected chi connectivity index (χ1v) is 15.0. The van der Waals surface area contributed by atoms with E-state index in [1.807, 2.05) is 66.0 Å². The van der Waals surface area contributed by atoms with Crippen LogP contribution in [0.3, 0.4) is 0 Å². The number of imidazole rings is 1. The number of halogens is 2. The SMILES string of the molecule is COc1nc(-c2cccc(-c3cccc(NC(=O)c4nc5c(n4C)CCN(C)C5)c3Cl)c2Cl)ccc1CN1CC(C(=O)O)C1. The Morgan fingerprint density at radius 2 is 1.70 bits per heavy atom. The van der Waals surface area contributed by atoms with Gasteiger partial charge in [0.25, 0.3) is 5.91 Å². The summed E-state index contributed by atoms with van der Waals surface area (Å²) < 4.78 is 7.45. The fourth-order valence-electron chi connectivity index (χ4n) is 5.83. The molecule has 4 aromatic rings. The number of methoxy groups -OCH3 is 1. The summed E-state index contributed by atoms with van der Waals surface area (Å²) in [5.41, 5.74) is 5.96. The number of benzene rings is 2. The molecule has 12 heteroatoms. The Morgan fingerprint density at radius 1 is 1.00 bits per heavy atom. The fraction of sp³-hybridized carbons (Fsp3) is 0.312. The van der Waals surface area contributed by atoms with Gasteiger partial charge in [0.1, 0.15) is 0 Å². The number of carboxylic acids is 1. The summed E-state index contributed by atoms with van der Waals surface area (Å²) >= 11 is 13.9. The van der Waals surface area contributed by atoms with Crippen molar-refractivity contribution in [2.45, 2.75) is 19.5 Å². The summed E-state index contributed by atoms with van der Waals surface area (Å²) in [6.45, 7) is 3.16. The molecular formula is C32H32Cl2N6O4. The number of nitrogens with one attached hydrogen (secondary N) is 1. The van der Waals surface area contributed by atoms with Crippen LogP contribution in [0.5, 0.6) is 5.88 Å². The van der Waals surface area contributed by atoms with E-state index >= 15 is 0 Å². The predicted octanol–water partition coefficient (Wildman–Crippen LogP) is 5.22. The number of aliphatic carboxylic acids is 1. The molecule has 1 fully saturated rings. The van der Waals surface area contributed by atoms with Gasteiger partial charge in [0.2, 0.25) is 5.88 Å². The van der Waals surface area contributed by atoms with Gasteiger partial charge in [-0.2, -0.15) is 0 Å². The first-order valence-electron chi connectivity index (χ1n) is 14.3. The molecule has 1 saturated heterocycles. The van der Waals surface area contributed by atoms with Crippen LogP contribution in [0.25, 0.3) is 22.4 Å². The van der Waals surface area contributed by atoms with Crippen LogP contribution in [-0.2, 0) is 31.4 Å². The lowest BCUT2D eigenvalue weighted by molar-refractivity contribution is -0.147. The third-order valence-electron chi connectivity index (χ3n) is 8.29. The van der Waals surface area contributed by atoms with E-state index in [9.17, 15) is 9.59 Å². The van der Waals surface area contributed by atoms with Crippen LogP contribution < -0.4 is 10.1 Å². The maximum Gasteiger partial charge on any atom is 0.309 e. The maximum absolute atomic E-state index is 13.3. The molecule has 6 rings (SSSR count). The fourth-order valence-corrected chi connectivity index (χ4v) is 6.43. The summed E-state index contributed by atoms with van der Waals surface area (Å²) in [5.74, 6) is -0.657. The number of rotatable bonds is 8. The number of hydrogen-bond donors (Lipinski definition) is 2. The Hall–Kier alpha value is -3.96. The minimum Gasteiger partial charge on any atom is -0.481 e. The van der Waals surface area contributed by atoms with Crippen LogP contribution in [0.1, 0.15) is 27.6 Å². The van der Waals surface area contributed by atoms with Crippen molar-refractivity contribution in [2.75, 3.05) is 39.1 Å². The number of hydrogen-bond acceptors (Lipinski definition) is 7. The molecule has 228 valence electrons. The van der Waals surface area contributed by atoms with Crippen molar-refractivity contribution in [1.82, 2.24) is 24.3 Å². The monoisotopic (exact) mass is 634 g/mol. The lowest BCUT2D eigenvalue weighted by Gasteiger charge is -2.36. The lowest BCUT2D eigenvalue weighted by atomic mass is 9.99. The zero-order chi connectivity index (χ0) is 31.1. The summed E-state index contributed by atoms with van der Waals surface area (Å²) in [4.78, 5) is 38.1. The summed E-state index contributed by atoms with van der Waals surface area (Å²) in [6, 6.07) is 14.8. The zero-order valence-electron chi connectivity index (χ0n) is 24.6. The highest BCUT2D eigenvalue weighted by atomic mass is 35.5. The smallest absolute Gasteiger partial charge is 0.309 e. The molecule has 0 aliphatic carbocycles. The molecule has 2 aromatic heterocycles. The molecule has 0 saturated carbocycles. The molecule has 2 aliphatic rings. The summed E-state index contributed by atoms with van der Waals surface area (Å²) in [6.07, 6.45) is 0.836. The first kappa shape index (κ1) is 30.1. The molecule has 4 heterocycles. The second kappa shape index (κ2) is 12.2. The first-order chi connectivity index (χ1) is 21.1. The molecule has 2 aliphatic heterocycles. The van der Waals surface area contributed by atoms with Gasteiger partial charge in [0.15, 0.2) is 5.82 Å². The van der Waals surface area contributed by atoms with E-state index in [1.165, 1.54) is 0 Å². The van der Waals surface area contributed by atoms with Crippen LogP contribution in [-0.4, -0.2) is 75.1 Å². The second-order valence-electron chi connectivity index (χ2n) is 11.3. The highest BCUT2D eigenvalue weighted by Gasteiger charge is 2.33. The molecule has 2 aromatic carbocycles. The number of fused-ring (bicyclic) bond motifs is 1. The molecule has 10 nitrogen and oxygen atoms in total. The number of ether oxygens (including phenoxy) is 1. The Bertz CT molecular complexity index is 1770. The molecular weight excluding hydrogens is 603 g/mol. The van der Waals surface area contributed by atoms with Crippen LogP contribution in [0.4, 0.5) is 5.69 Å². The number of pyridine rings is 1. The van der Waals surface area contributed by atoms with E-state index in [0.717, 1.165) is 29.9 Å². The zero-order valence-corrected chi connectivity index (χ0v) is 26.1. The van der Waals surface area contributed by atoms with Crippen molar-refractivity contribution < 1.29 is 19.4 Å². The summed E-state index contributed by atoms with van der Waals surface area (Å²) in [7, 11) is 5.46. The van der Waals surface area contributed by atoms with Crippen molar-refractivity contribution in [3.05, 3.63) is 81.4 Å². The highest BCUT2D eigenvalue weighted by Crippen LogP contribution is 2.41. The van der Waals surface area contributed by atoms with Crippen molar-refractivity contribution >= 4 is 40.8 Å². The molecule has 0 bridgehead atoms. The van der Waals surface area contributed by atoms with Crippen molar-refractivity contribution in [2.24, 2.45) is 13.0 Å². The molecule has 0 spiro atoms. The van der Waals surface area contributed by atoms with E-state index in [-0.39, 0.29) is 11.8 Å². The van der Waals surface area contributed by atoms with Gasteiger partial charge in [-0.3, -0.25) is 14.5 Å². The third-order valence-corrected chi connectivity index (χ3v) is 9.11. The Kier molecular flexibility index (Phi) is 8.34. The number of likely N-dealkylation sites (N-methyl/N-ethyl adjacent to an activating group) is 1. The van der Waals surface area contributed by atoms with Gasteiger partial charge in [-0.25, -0.2) is 9.97 Å². The minimum absolute atomic E-state index is 0.337. The number of amides is 1. The van der Waals surface area contributed by atoms with Gasteiger partial charge in [-0.05, 0) is 19.2 Å². The van der Waals surface area contributed by atoms with Crippen molar-refractivity contribution in [1.29, 1.82) is 0 Å². The maximum atomic E-state index is 13.3. The van der Waals surface area contributed by atoms with Crippen molar-refractivity contribution in [3.63, 3.8) is 0 Å². The molecule has 2 N–H and O–H groups in total. The number of carbonyl (C=O) groups excluding carboxylic acids is 1. The largest absolute Gasteiger partial charge is 0.481 e. The van der Waals surface area contributed by atoms with Gasteiger partial charge >= 0.3 is 5.97 Å². The van der Waals surface area contributed by atoms with Crippen LogP contribution in [0.2, 0.25) is 10.0 Å². The molecule has 44 heavy (non-hydrogen) atoms. The average molecular weight is 636 g/mol. The topological polar surface area (TPSA) is 113 Å². The van der Waals surface area contributed by atoms with Crippen molar-refractivity contribution in [3.8, 4) is 28.3 Å². The number of anilines is 1. The number of carbonyl (C=O) groups is 2. The standard InChI is InChI=1S/C32H32Cl2N6O4/c1-38-13-12-26-25(17-38)35-29(39(26)2)30(41)36-24-9-5-7-21(28(24)34)20-6-4-8-22(27(20)33)23-11-10-18(31(37-23)44-3)14-40-15-19(16-40)32(42)43/h4-11,19H,12-17H2,1-3H3,(H,36,41)(H,42,43). The van der Waals surface area contributed by atoms with Gasteiger partial charge in [0, 0.05) is 74.1 Å². The van der Waals surface area contributed by atoms with Crippen LogP contribution in [0, 0.1) is 5.92 Å². The molecule has 0 radical (unpaired) electrons. The van der Waals surface area contributed by atoms with Crippen LogP contribution in [0.15, 0.2) is 48.5 Å². The number of likely N-dealkylation sites (tertiary alicyclic amines) is 1. The average Bonchev–Trinajstić information content (AvgIpc) is 3.31. The van der Waals surface area contributed by atoms with Gasteiger partial charge in [-0.1, -0.05) is 59.6 Å². The number of aromatic nitrogens is 3. The molecule has 1 amide bonds. The van der Waals surface area contributed by atoms with Gasteiger partial charge < -0.3 is 24.6 Å². The van der Waals surface area contributed by atoms with Gasteiger partial charge in [0.05, 0.1) is 40.1 Å². The van der Waals surface area contributed by atoms with E-state index < -0.39 is 5.97 Å². The van der Waals surface area contributed by atoms with Gasteiger partial charge in [-0.15, -0.1) is 0 Å². The van der Waals surface area contributed by atoms with Crippen LogP contribution >= 0.6 is 23.2 Å². The van der Waals surface area contributed by atoms with E-state index in [2.05, 4.69) is 15.2 Å².